The summed E-state index contributed by atoms with van der Waals surface area (Å²) in [7, 11) is 3.09. The van der Waals surface area contributed by atoms with Crippen LogP contribution in [0.4, 0.5) is 0 Å². The van der Waals surface area contributed by atoms with Crippen molar-refractivity contribution in [2.45, 2.75) is 116 Å². The van der Waals surface area contributed by atoms with Crippen LogP contribution in [0.2, 0.25) is 0 Å². The van der Waals surface area contributed by atoms with Crippen LogP contribution in [0.3, 0.4) is 0 Å². The molecule has 0 radical (unpaired) electrons. The van der Waals surface area contributed by atoms with Crippen molar-refractivity contribution in [2.24, 2.45) is 7.05 Å². The van der Waals surface area contributed by atoms with Gasteiger partial charge in [-0.3, -0.25) is 9.36 Å². The molecule has 2 rings (SSSR count). The first-order valence-electron chi connectivity index (χ1n) is 13.1. The number of fused-ring (bicyclic) bond motifs is 1. The fourth-order valence-corrected chi connectivity index (χ4v) is 4.47. The molecule has 0 aliphatic rings. The molecule has 0 aromatic carbocycles. The number of ether oxygens (including phenoxy) is 1. The van der Waals surface area contributed by atoms with Gasteiger partial charge in [0.05, 0.1) is 7.11 Å². The van der Waals surface area contributed by atoms with Gasteiger partial charge in [0.1, 0.15) is 11.3 Å². The molecule has 0 aliphatic heterocycles. The van der Waals surface area contributed by atoms with Crippen LogP contribution < -0.4 is 5.69 Å². The molecule has 0 fully saturated rings. The third-order valence-corrected chi connectivity index (χ3v) is 6.50. The number of aromatic nitrogens is 4. The number of aromatic hydroxyl groups is 1. The molecule has 2 aromatic heterocycles. The number of unbranched alkanes of at least 4 members (excludes halogenated alkanes) is 12. The predicted molar refractivity (Wildman–Crippen MR) is 135 cm³/mol. The highest BCUT2D eigenvalue weighted by Crippen LogP contribution is 2.26. The van der Waals surface area contributed by atoms with E-state index >= 15 is 0 Å². The molecule has 34 heavy (non-hydrogen) atoms. The Kier molecular flexibility index (Phi) is 12.1. The van der Waals surface area contributed by atoms with E-state index in [-0.39, 0.29) is 17.8 Å². The Morgan fingerprint density at radius 3 is 1.88 bits per heavy atom. The first-order valence-corrected chi connectivity index (χ1v) is 13.1. The number of hydrogen-bond donors (Lipinski definition) is 1. The van der Waals surface area contributed by atoms with Gasteiger partial charge in [-0.1, -0.05) is 84.5 Å². The molecule has 0 atom stereocenters. The van der Waals surface area contributed by atoms with Crippen LogP contribution >= 0.6 is 0 Å². The zero-order valence-electron chi connectivity index (χ0n) is 21.6. The Labute approximate surface area is 203 Å². The lowest BCUT2D eigenvalue weighted by atomic mass is 10.0. The highest BCUT2D eigenvalue weighted by atomic mass is 16.5. The zero-order valence-corrected chi connectivity index (χ0v) is 21.6. The van der Waals surface area contributed by atoms with E-state index < -0.39 is 5.69 Å². The lowest BCUT2D eigenvalue weighted by molar-refractivity contribution is -0.140. The van der Waals surface area contributed by atoms with Crippen LogP contribution in [0, 0.1) is 0 Å². The first-order chi connectivity index (χ1) is 16.4. The van der Waals surface area contributed by atoms with E-state index in [0.29, 0.717) is 17.6 Å². The minimum atomic E-state index is -0.486. The third-order valence-electron chi connectivity index (χ3n) is 6.50. The van der Waals surface area contributed by atoms with Gasteiger partial charge in [0.2, 0.25) is 5.88 Å². The molecule has 192 valence electrons. The number of imidazole rings is 1. The lowest BCUT2D eigenvalue weighted by Gasteiger charge is -2.11. The number of aryl methyl sites for hydroxylation is 2. The van der Waals surface area contributed by atoms with Gasteiger partial charge in [0.25, 0.3) is 0 Å². The quantitative estimate of drug-likeness (QED) is 0.236. The Bertz CT molecular complexity index is 948. The Morgan fingerprint density at radius 1 is 0.882 bits per heavy atom. The molecule has 8 nitrogen and oxygen atoms in total. The fraction of sp³-hybridized carbons (Fsp3) is 0.769. The number of carbonyl (C=O) groups excluding carboxylic acids is 1. The highest BCUT2D eigenvalue weighted by Gasteiger charge is 2.20. The number of rotatable bonds is 17. The van der Waals surface area contributed by atoms with Gasteiger partial charge in [0.15, 0.2) is 5.65 Å². The monoisotopic (exact) mass is 476 g/mol. The molecule has 1 N–H and O–H groups in total. The lowest BCUT2D eigenvalue weighted by Crippen LogP contribution is -2.20. The molecular formula is C26H44N4O4. The van der Waals surface area contributed by atoms with Gasteiger partial charge >= 0.3 is 11.7 Å². The van der Waals surface area contributed by atoms with Crippen LogP contribution in [0.25, 0.3) is 11.2 Å². The van der Waals surface area contributed by atoms with E-state index in [2.05, 4.69) is 28.6 Å². The SMILES string of the molecule is COC(=O)CCCCCCCCCCCCCCCn1c(C(C)C)nc2c1c(O)nc(=O)n2C. The van der Waals surface area contributed by atoms with Crippen LogP contribution in [-0.4, -0.2) is 37.3 Å². The largest absolute Gasteiger partial charge is 0.492 e. The van der Waals surface area contributed by atoms with Gasteiger partial charge in [-0.05, 0) is 12.8 Å². The molecule has 0 amide bonds. The van der Waals surface area contributed by atoms with Crippen molar-refractivity contribution >= 4 is 17.1 Å². The summed E-state index contributed by atoms with van der Waals surface area (Å²) >= 11 is 0. The van der Waals surface area contributed by atoms with Crippen LogP contribution in [0.5, 0.6) is 5.88 Å². The van der Waals surface area contributed by atoms with Crippen molar-refractivity contribution in [1.29, 1.82) is 0 Å². The predicted octanol–water partition coefficient (Wildman–Crippen LogP) is 5.59. The van der Waals surface area contributed by atoms with Gasteiger partial charge in [-0.25, -0.2) is 9.78 Å². The Balaban J connectivity index is 1.58. The normalized spacial score (nSPS) is 11.6. The summed E-state index contributed by atoms with van der Waals surface area (Å²) in [4.78, 5) is 31.3. The first kappa shape index (κ1) is 27.9. The minimum absolute atomic E-state index is 0.0970. The smallest absolute Gasteiger partial charge is 0.352 e. The van der Waals surface area contributed by atoms with E-state index in [4.69, 9.17) is 0 Å². The molecule has 2 aromatic rings. The van der Waals surface area contributed by atoms with E-state index in [1.165, 1.54) is 69.5 Å². The Morgan fingerprint density at radius 2 is 1.38 bits per heavy atom. The van der Waals surface area contributed by atoms with Gasteiger partial charge in [-0.15, -0.1) is 0 Å². The van der Waals surface area contributed by atoms with Gasteiger partial charge < -0.3 is 14.4 Å². The average molecular weight is 477 g/mol. The number of nitrogens with zero attached hydrogens (tertiary/aromatic N) is 4. The fourth-order valence-electron chi connectivity index (χ4n) is 4.47. The second-order valence-electron chi connectivity index (χ2n) is 9.65. The maximum atomic E-state index is 11.9. The van der Waals surface area contributed by atoms with E-state index in [1.54, 1.807) is 7.05 Å². The average Bonchev–Trinajstić information content (AvgIpc) is 3.20. The summed E-state index contributed by atoms with van der Waals surface area (Å²) in [6.07, 6.45) is 16.2. The van der Waals surface area contributed by atoms with Crippen molar-refractivity contribution in [3.63, 3.8) is 0 Å². The number of esters is 1. The molecule has 0 aliphatic carbocycles. The molecule has 0 bridgehead atoms. The van der Waals surface area contributed by atoms with Crippen molar-refractivity contribution < 1.29 is 14.6 Å². The molecule has 0 spiro atoms. The standard InChI is InChI=1S/C26H44N4O4/c1-20(2)23-27-24-22(25(32)28-26(33)29(24)3)30(23)19-17-15-13-11-9-7-5-6-8-10-12-14-16-18-21(31)34-4/h20H,5-19H2,1-4H3,(H,28,32,33). The van der Waals surface area contributed by atoms with Crippen molar-refractivity contribution in [3.05, 3.63) is 16.3 Å². The van der Waals surface area contributed by atoms with E-state index in [9.17, 15) is 14.7 Å². The Hall–Kier alpha value is -2.38. The van der Waals surface area contributed by atoms with E-state index in [0.717, 1.165) is 38.1 Å². The van der Waals surface area contributed by atoms with E-state index in [1.807, 2.05) is 4.57 Å². The van der Waals surface area contributed by atoms with Crippen molar-refractivity contribution in [3.8, 4) is 5.88 Å². The van der Waals surface area contributed by atoms with Gasteiger partial charge in [0, 0.05) is 25.9 Å². The summed E-state index contributed by atoms with van der Waals surface area (Å²) < 4.78 is 8.10. The highest BCUT2D eigenvalue weighted by molar-refractivity contribution is 5.77. The topological polar surface area (TPSA) is 99.2 Å². The van der Waals surface area contributed by atoms with Gasteiger partial charge in [-0.2, -0.15) is 4.98 Å². The molecule has 8 heteroatoms. The number of hydrogen-bond acceptors (Lipinski definition) is 6. The molecular weight excluding hydrogens is 432 g/mol. The minimum Gasteiger partial charge on any atom is -0.492 e. The second kappa shape index (κ2) is 14.8. The maximum Gasteiger partial charge on any atom is 0.352 e. The summed E-state index contributed by atoms with van der Waals surface area (Å²) in [6.45, 7) is 4.92. The summed E-state index contributed by atoms with van der Waals surface area (Å²) in [5.74, 6) is 0.762. The molecule has 0 unspecified atom stereocenters. The zero-order chi connectivity index (χ0) is 24.9. The number of carbonyl (C=O) groups is 1. The second-order valence-corrected chi connectivity index (χ2v) is 9.65. The third kappa shape index (κ3) is 8.44. The van der Waals surface area contributed by atoms with Crippen LogP contribution in [-0.2, 0) is 23.1 Å². The van der Waals surface area contributed by atoms with Crippen LogP contribution in [0.1, 0.15) is 115 Å². The molecule has 0 saturated heterocycles. The van der Waals surface area contributed by atoms with Crippen molar-refractivity contribution in [1.82, 2.24) is 19.1 Å². The maximum absolute atomic E-state index is 11.9. The summed E-state index contributed by atoms with van der Waals surface area (Å²) in [6, 6.07) is 0. The number of methoxy groups -OCH3 is 1. The molecule has 2 heterocycles. The van der Waals surface area contributed by atoms with Crippen LogP contribution in [0.15, 0.2) is 4.79 Å². The summed E-state index contributed by atoms with van der Waals surface area (Å²) in [5.41, 5.74) is 0.581. The molecule has 0 saturated carbocycles. The summed E-state index contributed by atoms with van der Waals surface area (Å²) in [5, 5.41) is 10.3. The van der Waals surface area contributed by atoms with Crippen molar-refractivity contribution in [2.75, 3.05) is 7.11 Å².